The fourth-order valence-corrected chi connectivity index (χ4v) is 5.24. The van der Waals surface area contributed by atoms with Crippen LogP contribution in [0.25, 0.3) is 38.8 Å². The van der Waals surface area contributed by atoms with Crippen LogP contribution in [0.2, 0.25) is 0 Å². The fraction of sp³-hybridized carbons (Fsp3) is 0.100. The van der Waals surface area contributed by atoms with Crippen molar-refractivity contribution < 1.29 is 26.1 Å². The zero-order valence-corrected chi connectivity index (χ0v) is 22.8. The number of imidazole rings is 1. The molecule has 6 rings (SSSR count). The number of nitrogens with zero attached hydrogens (tertiary/aromatic N) is 4. The van der Waals surface area contributed by atoms with E-state index in [1.807, 2.05) is 18.2 Å². The summed E-state index contributed by atoms with van der Waals surface area (Å²) < 4.78 is 72.8. The molecule has 3 aromatic carbocycles. The molecule has 0 bridgehead atoms. The Morgan fingerprint density at radius 1 is 0.881 bits per heavy atom. The van der Waals surface area contributed by atoms with Crippen LogP contribution in [0.4, 0.5) is 13.2 Å². The van der Waals surface area contributed by atoms with E-state index in [0.29, 0.717) is 27.5 Å². The van der Waals surface area contributed by atoms with Gasteiger partial charge in [-0.25, -0.2) is 4.79 Å². The summed E-state index contributed by atoms with van der Waals surface area (Å²) in [5, 5.41) is 0.577. The molecule has 0 aliphatic carbocycles. The third-order valence-electron chi connectivity index (χ3n) is 6.52. The number of alkyl halides is 3. The van der Waals surface area contributed by atoms with E-state index in [1.54, 1.807) is 54.9 Å². The van der Waals surface area contributed by atoms with E-state index < -0.39 is 27.5 Å². The molecule has 1 N–H and O–H groups in total. The van der Waals surface area contributed by atoms with Gasteiger partial charge in [0.2, 0.25) is 0 Å². The van der Waals surface area contributed by atoms with Crippen molar-refractivity contribution in [2.75, 3.05) is 0 Å². The number of fused-ring (bicyclic) bond motifs is 3. The Kier molecular flexibility index (Phi) is 7.67. The van der Waals surface area contributed by atoms with Crippen molar-refractivity contribution in [1.29, 1.82) is 0 Å². The Bertz CT molecular complexity index is 2060. The monoisotopic (exact) mass is 592 g/mol. The van der Waals surface area contributed by atoms with Gasteiger partial charge in [0.15, 0.2) is 0 Å². The summed E-state index contributed by atoms with van der Waals surface area (Å²) in [7, 11) is -2.35. The number of benzene rings is 3. The molecule has 0 atom stereocenters. The number of aromatic nitrogens is 4. The van der Waals surface area contributed by atoms with E-state index in [4.69, 9.17) is 4.55 Å². The lowest BCUT2D eigenvalue weighted by Crippen LogP contribution is -2.23. The Balaban J connectivity index is 0.000000271. The molecule has 6 aromatic rings. The summed E-state index contributed by atoms with van der Waals surface area (Å²) in [6.07, 6.45) is 0.260. The molecule has 42 heavy (non-hydrogen) atoms. The molecule has 3 aromatic heterocycles. The minimum atomic E-state index is -4.61. The first-order valence-corrected chi connectivity index (χ1v) is 14.1. The Labute approximate surface area is 238 Å². The lowest BCUT2D eigenvalue weighted by Gasteiger charge is -2.14. The molecule has 0 aliphatic heterocycles. The van der Waals surface area contributed by atoms with E-state index in [1.165, 1.54) is 36.0 Å². The molecule has 8 nitrogen and oxygen atoms in total. The van der Waals surface area contributed by atoms with Crippen molar-refractivity contribution >= 4 is 32.1 Å². The molecule has 3 heterocycles. The second kappa shape index (κ2) is 11.2. The number of halogens is 3. The van der Waals surface area contributed by atoms with Gasteiger partial charge in [-0.3, -0.25) is 23.7 Å². The fourth-order valence-electron chi connectivity index (χ4n) is 4.63. The van der Waals surface area contributed by atoms with Crippen molar-refractivity contribution in [2.45, 2.75) is 11.9 Å². The highest BCUT2D eigenvalue weighted by Gasteiger charge is 2.34. The first-order chi connectivity index (χ1) is 19.9. The van der Waals surface area contributed by atoms with Crippen molar-refractivity contribution in [3.05, 3.63) is 125 Å². The van der Waals surface area contributed by atoms with Gasteiger partial charge in [-0.05, 0) is 41.5 Å². The highest BCUT2D eigenvalue weighted by molar-refractivity contribution is 7.85. The standard InChI is InChI=1S/C23H15F3N4O.C7H8O3S/c1-29-20-13-28-18-9-8-14(15-5-4-10-27-12-15)11-16(18)21(20)30(22(29)31)19-7-3-2-6-17(19)23(24,25)26;8-11(9,10)6-7-4-2-1-3-5-7/h2-13H,1H3;1-5H,6H2,(H,8,9,10). The maximum absolute atomic E-state index is 13.7. The van der Waals surface area contributed by atoms with Crippen LogP contribution in [-0.2, 0) is 29.1 Å². The van der Waals surface area contributed by atoms with Gasteiger partial charge in [0.1, 0.15) is 5.75 Å². The molecule has 0 saturated carbocycles. The minimum Gasteiger partial charge on any atom is -0.293 e. The van der Waals surface area contributed by atoms with Gasteiger partial charge in [0, 0.05) is 30.4 Å². The summed E-state index contributed by atoms with van der Waals surface area (Å²) in [6.45, 7) is 0. The average molecular weight is 593 g/mol. The number of hydrogen-bond acceptors (Lipinski definition) is 5. The van der Waals surface area contributed by atoms with E-state index in [9.17, 15) is 26.4 Å². The van der Waals surface area contributed by atoms with E-state index in [-0.39, 0.29) is 11.4 Å². The van der Waals surface area contributed by atoms with Gasteiger partial charge in [-0.15, -0.1) is 0 Å². The summed E-state index contributed by atoms with van der Waals surface area (Å²) >= 11 is 0. The largest absolute Gasteiger partial charge is 0.418 e. The summed E-state index contributed by atoms with van der Waals surface area (Å²) in [4.78, 5) is 21.6. The quantitative estimate of drug-likeness (QED) is 0.251. The van der Waals surface area contributed by atoms with Gasteiger partial charge in [0.25, 0.3) is 10.1 Å². The van der Waals surface area contributed by atoms with Crippen molar-refractivity contribution in [2.24, 2.45) is 7.05 Å². The molecular weight excluding hydrogens is 569 g/mol. The highest BCUT2D eigenvalue weighted by atomic mass is 32.2. The van der Waals surface area contributed by atoms with Crippen LogP contribution in [0, 0.1) is 0 Å². The van der Waals surface area contributed by atoms with Crippen LogP contribution in [0.3, 0.4) is 0 Å². The lowest BCUT2D eigenvalue weighted by atomic mass is 10.0. The maximum Gasteiger partial charge on any atom is 0.418 e. The first-order valence-electron chi connectivity index (χ1n) is 12.5. The SMILES string of the molecule is Cn1c(=O)n(-c2ccccc2C(F)(F)F)c2c3cc(-c4cccnc4)ccc3ncc21.O=S(=O)(O)Cc1ccccc1. The average Bonchev–Trinajstić information content (AvgIpc) is 3.22. The van der Waals surface area contributed by atoms with Crippen molar-refractivity contribution in [3.63, 3.8) is 0 Å². The summed E-state index contributed by atoms with van der Waals surface area (Å²) in [5.74, 6) is -0.312. The van der Waals surface area contributed by atoms with Gasteiger partial charge in [-0.2, -0.15) is 21.6 Å². The van der Waals surface area contributed by atoms with Gasteiger partial charge in [-0.1, -0.05) is 54.6 Å². The molecule has 0 saturated heterocycles. The predicted molar refractivity (Wildman–Crippen MR) is 154 cm³/mol. The van der Waals surface area contributed by atoms with Crippen LogP contribution in [-0.4, -0.2) is 32.1 Å². The third-order valence-corrected chi connectivity index (χ3v) is 7.22. The smallest absolute Gasteiger partial charge is 0.293 e. The molecule has 0 unspecified atom stereocenters. The van der Waals surface area contributed by atoms with Gasteiger partial charge < -0.3 is 0 Å². The molecule has 0 spiro atoms. The number of hydrogen-bond donors (Lipinski definition) is 1. The normalized spacial score (nSPS) is 11.8. The highest BCUT2D eigenvalue weighted by Crippen LogP contribution is 2.36. The minimum absolute atomic E-state index is 0.218. The second-order valence-corrected chi connectivity index (χ2v) is 10.8. The van der Waals surface area contributed by atoms with Crippen LogP contribution >= 0.6 is 0 Å². The Morgan fingerprint density at radius 2 is 1.60 bits per heavy atom. The van der Waals surface area contributed by atoms with E-state index in [0.717, 1.165) is 21.8 Å². The third kappa shape index (κ3) is 5.94. The Hall–Kier alpha value is -4.81. The number of rotatable bonds is 4. The topological polar surface area (TPSA) is 107 Å². The zero-order chi connectivity index (χ0) is 30.1. The van der Waals surface area contributed by atoms with Crippen molar-refractivity contribution in [3.8, 4) is 16.8 Å². The lowest BCUT2D eigenvalue weighted by molar-refractivity contribution is -0.137. The molecular formula is C30H23F3N4O4S. The maximum atomic E-state index is 13.7. The number of pyridine rings is 2. The first kappa shape index (κ1) is 28.7. The molecule has 214 valence electrons. The van der Waals surface area contributed by atoms with Crippen LogP contribution in [0.5, 0.6) is 0 Å². The predicted octanol–water partition coefficient (Wildman–Crippen LogP) is 6.03. The molecule has 0 amide bonds. The molecule has 0 aliphatic rings. The molecule has 0 fully saturated rings. The van der Waals surface area contributed by atoms with E-state index >= 15 is 0 Å². The van der Waals surface area contributed by atoms with E-state index in [2.05, 4.69) is 9.97 Å². The van der Waals surface area contributed by atoms with Crippen LogP contribution in [0.15, 0.2) is 108 Å². The Morgan fingerprint density at radius 3 is 2.26 bits per heavy atom. The molecule has 12 heteroatoms. The van der Waals surface area contributed by atoms with Crippen LogP contribution in [0.1, 0.15) is 11.1 Å². The van der Waals surface area contributed by atoms with Gasteiger partial charge in [0.05, 0.1) is 34.0 Å². The van der Waals surface area contributed by atoms with Gasteiger partial charge >= 0.3 is 11.9 Å². The van der Waals surface area contributed by atoms with Crippen molar-refractivity contribution in [1.82, 2.24) is 19.1 Å². The van der Waals surface area contributed by atoms with Crippen LogP contribution < -0.4 is 5.69 Å². The zero-order valence-electron chi connectivity index (χ0n) is 22.0. The number of aryl methyl sites for hydroxylation is 1. The molecule has 0 radical (unpaired) electrons. The summed E-state index contributed by atoms with van der Waals surface area (Å²) in [5.41, 5.74) is 1.98. The second-order valence-electron chi connectivity index (χ2n) is 9.37. The number of para-hydroxylation sites is 1. The summed E-state index contributed by atoms with van der Waals surface area (Å²) in [6, 6.07) is 22.8.